The highest BCUT2D eigenvalue weighted by Crippen LogP contribution is 2.11. The molecule has 0 saturated heterocycles. The molecule has 0 aliphatic rings. The lowest BCUT2D eigenvalue weighted by Gasteiger charge is -2.02. The number of halogens is 1. The smallest absolute Gasteiger partial charge is 0.125 e. The van der Waals surface area contributed by atoms with Crippen LogP contribution in [0, 0.1) is 5.41 Å². The molecule has 0 saturated carbocycles. The molecule has 0 aliphatic carbocycles. The van der Waals surface area contributed by atoms with Gasteiger partial charge in [0.05, 0.1) is 6.54 Å². The van der Waals surface area contributed by atoms with Crippen molar-refractivity contribution < 1.29 is 0 Å². The number of anilines is 2. The van der Waals surface area contributed by atoms with Crippen molar-refractivity contribution in [3.63, 3.8) is 0 Å². The molecule has 3 aromatic carbocycles. The van der Waals surface area contributed by atoms with Gasteiger partial charge in [0.15, 0.2) is 0 Å². The summed E-state index contributed by atoms with van der Waals surface area (Å²) in [5.74, 6) is 0.574. The molecule has 0 atom stereocenters. The average Bonchev–Trinajstić information content (AvgIpc) is 2.82. The molecule has 0 aliphatic heterocycles. The normalized spacial score (nSPS) is 9.72. The molecular formula is C25H35ClN6. The van der Waals surface area contributed by atoms with Crippen molar-refractivity contribution in [3.8, 4) is 0 Å². The van der Waals surface area contributed by atoms with Gasteiger partial charge in [-0.1, -0.05) is 51.4 Å². The number of amidine groups is 2. The Morgan fingerprint density at radius 3 is 1.53 bits per heavy atom. The minimum Gasteiger partial charge on any atom is -0.399 e. The second kappa shape index (κ2) is 16.2. The topological polar surface area (TPSA) is 140 Å². The molecule has 0 heterocycles. The molecule has 9 N–H and O–H groups in total. The Morgan fingerprint density at radius 1 is 0.719 bits per heavy atom. The molecule has 0 bridgehead atoms. The summed E-state index contributed by atoms with van der Waals surface area (Å²) in [6.45, 7) is 8.54. The van der Waals surface area contributed by atoms with Crippen molar-refractivity contribution >= 4 is 34.6 Å². The number of aliphatic imine (C=N–C) groups is 1. The number of rotatable bonds is 4. The monoisotopic (exact) mass is 454 g/mol. The standard InChI is InChI=1S/C14H14ClN3.C7H9N3.2C2H6/c15-12-5-1-10(2-6-12)9-18-14(17)11-3-7-13(16)8-4-11;8-6-3-1-5(2-4-6)7(9)10;2*1-2/h1-8H,9,16H2,(H2,17,18);1-4H,8H2,(H3,9,10);2*1-2H3. The molecule has 0 radical (unpaired) electrons. The van der Waals surface area contributed by atoms with Gasteiger partial charge >= 0.3 is 0 Å². The van der Waals surface area contributed by atoms with Crippen molar-refractivity contribution in [1.82, 2.24) is 0 Å². The van der Waals surface area contributed by atoms with Crippen molar-refractivity contribution in [2.45, 2.75) is 34.2 Å². The Morgan fingerprint density at radius 2 is 1.12 bits per heavy atom. The number of nitrogens with zero attached hydrogens (tertiary/aromatic N) is 1. The number of benzene rings is 3. The van der Waals surface area contributed by atoms with Crippen LogP contribution in [-0.2, 0) is 6.54 Å². The van der Waals surface area contributed by atoms with Crippen LogP contribution < -0.4 is 22.9 Å². The minimum absolute atomic E-state index is 0.0694. The Bertz CT molecular complexity index is 934. The highest BCUT2D eigenvalue weighted by atomic mass is 35.5. The van der Waals surface area contributed by atoms with E-state index in [0.717, 1.165) is 11.1 Å². The summed E-state index contributed by atoms with van der Waals surface area (Å²) >= 11 is 5.81. The predicted molar refractivity (Wildman–Crippen MR) is 141 cm³/mol. The van der Waals surface area contributed by atoms with Crippen LogP contribution in [0.15, 0.2) is 77.8 Å². The van der Waals surface area contributed by atoms with Crippen molar-refractivity contribution in [2.24, 2.45) is 16.5 Å². The third-order valence-corrected chi connectivity index (χ3v) is 4.03. The van der Waals surface area contributed by atoms with E-state index in [9.17, 15) is 0 Å². The van der Waals surface area contributed by atoms with E-state index in [1.807, 2.05) is 64.1 Å². The molecule has 172 valence electrons. The van der Waals surface area contributed by atoms with Gasteiger partial charge in [0, 0.05) is 27.5 Å². The van der Waals surface area contributed by atoms with E-state index in [0.29, 0.717) is 34.3 Å². The SMILES string of the molecule is CC.CC.N=C(N)c1ccc(N)cc1.NC(=NCc1ccc(Cl)cc1)c1ccc(N)cc1. The third kappa shape index (κ3) is 11.0. The van der Waals surface area contributed by atoms with Crippen LogP contribution in [0.3, 0.4) is 0 Å². The van der Waals surface area contributed by atoms with E-state index in [1.54, 1.807) is 36.4 Å². The maximum atomic E-state index is 7.04. The number of hydrogen-bond acceptors (Lipinski definition) is 4. The molecule has 3 aromatic rings. The summed E-state index contributed by atoms with van der Waals surface area (Å²) in [6, 6.07) is 21.7. The summed E-state index contributed by atoms with van der Waals surface area (Å²) in [5.41, 5.74) is 26.2. The zero-order valence-corrected chi connectivity index (χ0v) is 20.0. The van der Waals surface area contributed by atoms with Crippen LogP contribution in [0.1, 0.15) is 44.4 Å². The van der Waals surface area contributed by atoms with Gasteiger partial charge in [-0.3, -0.25) is 10.4 Å². The number of hydrogen-bond donors (Lipinski definition) is 5. The molecule has 32 heavy (non-hydrogen) atoms. The van der Waals surface area contributed by atoms with Crippen molar-refractivity contribution in [1.29, 1.82) is 5.41 Å². The molecule has 6 nitrogen and oxygen atoms in total. The molecule has 0 fully saturated rings. The predicted octanol–water partition coefficient (Wildman–Crippen LogP) is 5.43. The van der Waals surface area contributed by atoms with Crippen LogP contribution in [0.2, 0.25) is 5.02 Å². The molecule has 7 heteroatoms. The van der Waals surface area contributed by atoms with Gasteiger partial charge in [-0.15, -0.1) is 0 Å². The van der Waals surface area contributed by atoms with E-state index in [4.69, 9.17) is 39.9 Å². The molecule has 0 amide bonds. The summed E-state index contributed by atoms with van der Waals surface area (Å²) in [6.07, 6.45) is 0. The first-order valence-corrected chi connectivity index (χ1v) is 10.8. The summed E-state index contributed by atoms with van der Waals surface area (Å²) < 4.78 is 0. The van der Waals surface area contributed by atoms with E-state index in [2.05, 4.69) is 4.99 Å². The van der Waals surface area contributed by atoms with Gasteiger partial charge in [-0.2, -0.15) is 0 Å². The zero-order chi connectivity index (χ0) is 24.5. The molecule has 3 rings (SSSR count). The van der Waals surface area contributed by atoms with Crippen molar-refractivity contribution in [2.75, 3.05) is 11.5 Å². The highest BCUT2D eigenvalue weighted by Gasteiger charge is 1.98. The lowest BCUT2D eigenvalue weighted by Crippen LogP contribution is -2.13. The van der Waals surface area contributed by atoms with E-state index in [-0.39, 0.29) is 5.84 Å². The van der Waals surface area contributed by atoms with E-state index < -0.39 is 0 Å². The van der Waals surface area contributed by atoms with Crippen molar-refractivity contribution in [3.05, 3.63) is 94.5 Å². The Kier molecular flexibility index (Phi) is 14.4. The number of nitrogen functional groups attached to an aromatic ring is 3. The number of nitrogens with one attached hydrogen (secondary N) is 1. The van der Waals surface area contributed by atoms with Gasteiger partial charge in [0.25, 0.3) is 0 Å². The minimum atomic E-state index is 0.0694. The molecule has 0 unspecified atom stereocenters. The molecule has 0 spiro atoms. The van der Waals surface area contributed by atoms with Gasteiger partial charge in [0.1, 0.15) is 11.7 Å². The quantitative estimate of drug-likeness (QED) is 0.203. The van der Waals surface area contributed by atoms with E-state index >= 15 is 0 Å². The second-order valence-electron chi connectivity index (χ2n) is 5.99. The van der Waals surface area contributed by atoms with Gasteiger partial charge in [-0.05, 0) is 66.2 Å². The first-order valence-electron chi connectivity index (χ1n) is 10.5. The highest BCUT2D eigenvalue weighted by molar-refractivity contribution is 6.30. The van der Waals surface area contributed by atoms with Gasteiger partial charge < -0.3 is 22.9 Å². The summed E-state index contributed by atoms with van der Waals surface area (Å²) in [5, 5.41) is 7.76. The Labute approximate surface area is 196 Å². The molecule has 0 aromatic heterocycles. The zero-order valence-electron chi connectivity index (χ0n) is 19.3. The van der Waals surface area contributed by atoms with Crippen LogP contribution in [0.4, 0.5) is 11.4 Å². The Balaban J connectivity index is 0.000000582. The van der Waals surface area contributed by atoms with Crippen LogP contribution in [0.25, 0.3) is 0 Å². The van der Waals surface area contributed by atoms with Gasteiger partial charge in [-0.25, -0.2) is 0 Å². The van der Waals surface area contributed by atoms with Crippen LogP contribution in [0.5, 0.6) is 0 Å². The summed E-state index contributed by atoms with van der Waals surface area (Å²) in [4.78, 5) is 4.33. The lowest BCUT2D eigenvalue weighted by molar-refractivity contribution is 1.06. The first-order chi connectivity index (χ1) is 15.3. The third-order valence-electron chi connectivity index (χ3n) is 3.77. The lowest BCUT2D eigenvalue weighted by atomic mass is 10.2. The Hall–Kier alpha value is -3.51. The summed E-state index contributed by atoms with van der Waals surface area (Å²) in [7, 11) is 0. The first kappa shape index (κ1) is 28.5. The fourth-order valence-electron chi connectivity index (χ4n) is 2.17. The second-order valence-corrected chi connectivity index (χ2v) is 6.42. The fraction of sp³-hybridized carbons (Fsp3) is 0.200. The number of nitrogens with two attached hydrogens (primary N) is 4. The maximum Gasteiger partial charge on any atom is 0.125 e. The van der Waals surface area contributed by atoms with E-state index in [1.165, 1.54) is 0 Å². The van der Waals surface area contributed by atoms with Crippen LogP contribution in [-0.4, -0.2) is 11.7 Å². The largest absolute Gasteiger partial charge is 0.399 e. The maximum absolute atomic E-state index is 7.04. The molecular weight excluding hydrogens is 420 g/mol. The average molecular weight is 455 g/mol. The van der Waals surface area contributed by atoms with Gasteiger partial charge in [0.2, 0.25) is 0 Å². The fourth-order valence-corrected chi connectivity index (χ4v) is 2.30. The van der Waals surface area contributed by atoms with Crippen LogP contribution >= 0.6 is 11.6 Å².